The van der Waals surface area contributed by atoms with E-state index in [1.807, 2.05) is 18.2 Å². The number of nitrogens with one attached hydrogen (secondary N) is 2. The lowest BCUT2D eigenvalue weighted by molar-refractivity contribution is -0.384. The number of hydrogen-bond acceptors (Lipinski definition) is 7. The molecule has 2 aromatic carbocycles. The lowest BCUT2D eigenvalue weighted by atomic mass is 10.1. The number of sulfonamides is 1. The Balaban J connectivity index is 1.61. The number of primary sulfonamides is 1. The van der Waals surface area contributed by atoms with E-state index >= 15 is 0 Å². The molecule has 0 unspecified atom stereocenters. The first kappa shape index (κ1) is 21.5. The molecule has 11 heteroatoms. The summed E-state index contributed by atoms with van der Waals surface area (Å²) < 4.78 is 22.8. The van der Waals surface area contributed by atoms with E-state index in [-0.39, 0.29) is 29.5 Å². The van der Waals surface area contributed by atoms with Gasteiger partial charge >= 0.3 is 0 Å². The summed E-state index contributed by atoms with van der Waals surface area (Å²) in [6.45, 7) is 4.08. The SMILES string of the molecule is CCN1CCc2ccc(NC(=O)CCNc3ccc(S(N)(=O)=O)cc3[N+](=O)[O-])cc21. The fraction of sp³-hybridized carbons (Fsp3) is 0.316. The normalized spacial score (nSPS) is 13.1. The first-order valence-corrected chi connectivity index (χ1v) is 11.0. The Morgan fingerprint density at radius 3 is 2.70 bits per heavy atom. The molecule has 1 aliphatic heterocycles. The average molecular weight is 433 g/mol. The Kier molecular flexibility index (Phi) is 6.22. The van der Waals surface area contributed by atoms with E-state index in [2.05, 4.69) is 22.5 Å². The van der Waals surface area contributed by atoms with Crippen molar-refractivity contribution in [2.75, 3.05) is 35.2 Å². The van der Waals surface area contributed by atoms with Gasteiger partial charge in [-0.1, -0.05) is 6.07 Å². The molecule has 4 N–H and O–H groups in total. The maximum atomic E-state index is 12.3. The van der Waals surface area contributed by atoms with Gasteiger partial charge < -0.3 is 15.5 Å². The zero-order valence-corrected chi connectivity index (χ0v) is 17.2. The molecule has 1 amide bonds. The van der Waals surface area contributed by atoms with Crippen molar-refractivity contribution in [2.45, 2.75) is 24.7 Å². The molecule has 0 aliphatic carbocycles. The smallest absolute Gasteiger partial charge is 0.293 e. The van der Waals surface area contributed by atoms with Gasteiger partial charge in [0.05, 0.1) is 9.82 Å². The highest BCUT2D eigenvalue weighted by Gasteiger charge is 2.20. The number of carbonyl (C=O) groups is 1. The molecule has 30 heavy (non-hydrogen) atoms. The molecule has 10 nitrogen and oxygen atoms in total. The quantitative estimate of drug-likeness (QED) is 0.426. The van der Waals surface area contributed by atoms with Crippen molar-refractivity contribution < 1.29 is 18.1 Å². The summed E-state index contributed by atoms with van der Waals surface area (Å²) in [4.78, 5) is 24.7. The lowest BCUT2D eigenvalue weighted by Gasteiger charge is -2.17. The second-order valence-electron chi connectivity index (χ2n) is 6.88. The van der Waals surface area contributed by atoms with Gasteiger partial charge in [0.15, 0.2) is 0 Å². The highest BCUT2D eigenvalue weighted by molar-refractivity contribution is 7.89. The molecule has 0 saturated heterocycles. The third-order valence-electron chi connectivity index (χ3n) is 4.90. The van der Waals surface area contributed by atoms with Crippen molar-refractivity contribution in [3.8, 4) is 0 Å². The van der Waals surface area contributed by atoms with Crippen molar-refractivity contribution in [3.63, 3.8) is 0 Å². The van der Waals surface area contributed by atoms with Gasteiger partial charge in [-0.05, 0) is 43.2 Å². The van der Waals surface area contributed by atoms with E-state index in [0.717, 1.165) is 31.3 Å². The van der Waals surface area contributed by atoms with Crippen LogP contribution in [0.2, 0.25) is 0 Å². The number of nitro groups is 1. The number of nitrogens with zero attached hydrogens (tertiary/aromatic N) is 2. The summed E-state index contributed by atoms with van der Waals surface area (Å²) in [5, 5.41) is 21.9. The number of nitro benzene ring substituents is 1. The van der Waals surface area contributed by atoms with Crippen LogP contribution < -0.4 is 20.7 Å². The lowest BCUT2D eigenvalue weighted by Crippen LogP contribution is -2.20. The number of fused-ring (bicyclic) bond motifs is 1. The molecule has 0 fully saturated rings. The van der Waals surface area contributed by atoms with Gasteiger partial charge in [-0.2, -0.15) is 0 Å². The summed E-state index contributed by atoms with van der Waals surface area (Å²) >= 11 is 0. The van der Waals surface area contributed by atoms with Crippen LogP contribution >= 0.6 is 0 Å². The summed E-state index contributed by atoms with van der Waals surface area (Å²) in [6, 6.07) is 9.15. The highest BCUT2D eigenvalue weighted by atomic mass is 32.2. The van der Waals surface area contributed by atoms with Gasteiger partial charge in [0.25, 0.3) is 5.69 Å². The molecular weight excluding hydrogens is 410 g/mol. The van der Waals surface area contributed by atoms with Gasteiger partial charge in [-0.15, -0.1) is 0 Å². The molecule has 0 spiro atoms. The number of carbonyl (C=O) groups excluding carboxylic acids is 1. The van der Waals surface area contributed by atoms with Crippen LogP contribution in [0.25, 0.3) is 0 Å². The molecule has 0 aromatic heterocycles. The van der Waals surface area contributed by atoms with Gasteiger partial charge in [-0.25, -0.2) is 13.6 Å². The van der Waals surface area contributed by atoms with Gasteiger partial charge in [0.1, 0.15) is 5.69 Å². The van der Waals surface area contributed by atoms with E-state index in [9.17, 15) is 23.3 Å². The summed E-state index contributed by atoms with van der Waals surface area (Å²) in [6.07, 6.45) is 1.06. The van der Waals surface area contributed by atoms with Crippen LogP contribution in [0.15, 0.2) is 41.3 Å². The van der Waals surface area contributed by atoms with E-state index in [4.69, 9.17) is 5.14 Å². The molecule has 3 rings (SSSR count). The standard InChI is InChI=1S/C19H23N5O5S/c1-2-23-10-8-13-3-4-14(11-17(13)23)22-19(25)7-9-21-16-6-5-15(30(20,28)29)12-18(16)24(26)27/h3-6,11-12,21H,2,7-10H2,1H3,(H,22,25)(H2,20,28,29). The third kappa shape index (κ3) is 4.86. The minimum atomic E-state index is -4.05. The van der Waals surface area contributed by atoms with Crippen LogP contribution in [0.5, 0.6) is 0 Å². The van der Waals surface area contributed by atoms with Gasteiger partial charge in [0.2, 0.25) is 15.9 Å². The fourth-order valence-corrected chi connectivity index (χ4v) is 3.91. The molecule has 2 aromatic rings. The van der Waals surface area contributed by atoms with Crippen molar-refractivity contribution in [1.82, 2.24) is 0 Å². The molecule has 1 heterocycles. The number of amides is 1. The molecule has 160 valence electrons. The predicted octanol–water partition coefficient (Wildman–Crippen LogP) is 2.07. The third-order valence-corrected chi connectivity index (χ3v) is 5.82. The summed E-state index contributed by atoms with van der Waals surface area (Å²) in [5.41, 5.74) is 2.75. The van der Waals surface area contributed by atoms with Crippen LogP contribution in [0.3, 0.4) is 0 Å². The van der Waals surface area contributed by atoms with Crippen LogP contribution in [0, 0.1) is 10.1 Å². The van der Waals surface area contributed by atoms with Crippen molar-refractivity contribution in [1.29, 1.82) is 0 Å². The largest absolute Gasteiger partial charge is 0.379 e. The molecule has 0 radical (unpaired) electrons. The van der Waals surface area contributed by atoms with Crippen molar-refractivity contribution in [3.05, 3.63) is 52.1 Å². The van der Waals surface area contributed by atoms with Gasteiger partial charge in [-0.3, -0.25) is 14.9 Å². The highest BCUT2D eigenvalue weighted by Crippen LogP contribution is 2.30. The first-order valence-electron chi connectivity index (χ1n) is 9.42. The zero-order valence-electron chi connectivity index (χ0n) is 16.4. The Morgan fingerprint density at radius 2 is 2.03 bits per heavy atom. The average Bonchev–Trinajstić information content (AvgIpc) is 3.09. The number of hydrogen-bond donors (Lipinski definition) is 3. The maximum Gasteiger partial charge on any atom is 0.293 e. The van der Waals surface area contributed by atoms with E-state index in [0.29, 0.717) is 5.69 Å². The molecule has 0 saturated carbocycles. The molecule has 0 bridgehead atoms. The first-order chi connectivity index (χ1) is 14.2. The Labute approximate surface area is 174 Å². The maximum absolute atomic E-state index is 12.3. The molecular formula is C19H23N5O5S. The van der Waals surface area contributed by atoms with Crippen LogP contribution in [0.4, 0.5) is 22.7 Å². The van der Waals surface area contributed by atoms with Crippen LogP contribution in [0.1, 0.15) is 18.9 Å². The Hall–Kier alpha value is -3.18. The zero-order chi connectivity index (χ0) is 21.9. The number of nitrogens with two attached hydrogens (primary N) is 1. The number of anilines is 3. The summed E-state index contributed by atoms with van der Waals surface area (Å²) in [5.74, 6) is -0.243. The number of likely N-dealkylation sites (N-methyl/N-ethyl adjacent to an activating group) is 1. The second kappa shape index (κ2) is 8.67. The van der Waals surface area contributed by atoms with E-state index in [1.165, 1.54) is 17.7 Å². The molecule has 1 aliphatic rings. The van der Waals surface area contributed by atoms with Crippen LogP contribution in [-0.4, -0.2) is 38.9 Å². The van der Waals surface area contributed by atoms with Gasteiger partial charge in [0, 0.05) is 43.5 Å². The molecule has 0 atom stereocenters. The number of rotatable bonds is 8. The van der Waals surface area contributed by atoms with Crippen LogP contribution in [-0.2, 0) is 21.2 Å². The van der Waals surface area contributed by atoms with Crippen molar-refractivity contribution in [2.24, 2.45) is 5.14 Å². The number of benzene rings is 2. The monoisotopic (exact) mass is 433 g/mol. The van der Waals surface area contributed by atoms with E-state index in [1.54, 1.807) is 0 Å². The Bertz CT molecular complexity index is 1090. The predicted molar refractivity (Wildman–Crippen MR) is 114 cm³/mol. The second-order valence-corrected chi connectivity index (χ2v) is 8.44. The minimum absolute atomic E-state index is 0.0721. The Morgan fingerprint density at radius 1 is 1.27 bits per heavy atom. The van der Waals surface area contributed by atoms with E-state index < -0.39 is 20.6 Å². The fourth-order valence-electron chi connectivity index (χ4n) is 3.37. The topological polar surface area (TPSA) is 148 Å². The summed E-state index contributed by atoms with van der Waals surface area (Å²) in [7, 11) is -4.05. The minimum Gasteiger partial charge on any atom is -0.379 e. The van der Waals surface area contributed by atoms with Crippen molar-refractivity contribution >= 4 is 38.7 Å².